The van der Waals surface area contributed by atoms with Crippen LogP contribution >= 0.6 is 0 Å². The predicted octanol–water partition coefficient (Wildman–Crippen LogP) is 2.86. The van der Waals surface area contributed by atoms with Crippen LogP contribution in [0, 0.1) is 0 Å². The minimum Gasteiger partial charge on any atom is -0.490 e. The van der Waals surface area contributed by atoms with E-state index in [1.807, 2.05) is 44.2 Å². The first-order valence-corrected chi connectivity index (χ1v) is 7.62. The first-order chi connectivity index (χ1) is 11.3. The molecule has 1 aliphatic heterocycles. The maximum atomic E-state index is 5.65. The third-order valence-electron chi connectivity index (χ3n) is 3.32. The van der Waals surface area contributed by atoms with Gasteiger partial charge in [-0.3, -0.25) is 4.98 Å². The highest BCUT2D eigenvalue weighted by atomic mass is 16.7. The average Bonchev–Trinajstić information content (AvgIpc) is 3.08. The zero-order valence-corrected chi connectivity index (χ0v) is 13.2. The molecule has 1 unspecified atom stereocenters. The van der Waals surface area contributed by atoms with Gasteiger partial charge in [-0.15, -0.1) is 0 Å². The van der Waals surface area contributed by atoms with Crippen molar-refractivity contribution in [3.63, 3.8) is 0 Å². The smallest absolute Gasteiger partial charge is 0.225 e. The Kier molecular flexibility index (Phi) is 4.61. The number of pyridine rings is 1. The van der Waals surface area contributed by atoms with Gasteiger partial charge >= 0.3 is 0 Å². The van der Waals surface area contributed by atoms with Crippen molar-refractivity contribution in [1.29, 1.82) is 0 Å². The quantitative estimate of drug-likeness (QED) is 0.888. The molecule has 0 spiro atoms. The fraction of sp³-hybridized carbons (Fsp3) is 0.294. The molecule has 120 valence electrons. The molecule has 0 aliphatic carbocycles. The molecule has 0 saturated heterocycles. The molecule has 0 saturated carbocycles. The summed E-state index contributed by atoms with van der Waals surface area (Å²) >= 11 is 0. The van der Waals surface area contributed by atoms with Gasteiger partial charge in [-0.2, -0.15) is 0 Å². The van der Waals surface area contributed by atoms with Crippen molar-refractivity contribution in [3.05, 3.63) is 53.9 Å². The van der Waals surface area contributed by atoms with E-state index in [4.69, 9.17) is 14.3 Å². The van der Waals surface area contributed by atoms with Crippen molar-refractivity contribution in [1.82, 2.24) is 10.3 Å². The molecule has 2 heterocycles. The van der Waals surface area contributed by atoms with Gasteiger partial charge in [-0.05, 0) is 44.2 Å². The van der Waals surface area contributed by atoms with E-state index in [1.165, 1.54) is 0 Å². The number of ether oxygens (including phenoxy) is 2. The van der Waals surface area contributed by atoms with Crippen LogP contribution < -0.4 is 14.8 Å². The van der Waals surface area contributed by atoms with Crippen LogP contribution in [0.4, 0.5) is 0 Å². The minimum absolute atomic E-state index is 0.361. The molecule has 2 aromatic rings. The first-order valence-electron chi connectivity index (χ1n) is 7.62. The average molecular weight is 313 g/mol. The number of aromatic nitrogens is 1. The molecule has 1 aromatic heterocycles. The highest BCUT2D eigenvalue weighted by Crippen LogP contribution is 2.32. The molecule has 1 atom stereocenters. The SMILES string of the molecule is CCOc1ccc(C2NC(c3cccnc3)=NO2)cc1OCC. The van der Waals surface area contributed by atoms with Gasteiger partial charge in [-0.25, -0.2) is 0 Å². The molecule has 0 fully saturated rings. The number of oxime groups is 1. The highest BCUT2D eigenvalue weighted by molar-refractivity contribution is 5.98. The Bertz CT molecular complexity index is 689. The van der Waals surface area contributed by atoms with Crippen LogP contribution in [-0.2, 0) is 4.84 Å². The molecule has 1 aromatic carbocycles. The van der Waals surface area contributed by atoms with Gasteiger partial charge in [0.25, 0.3) is 0 Å². The van der Waals surface area contributed by atoms with Crippen molar-refractivity contribution in [2.24, 2.45) is 5.16 Å². The molecule has 0 amide bonds. The summed E-state index contributed by atoms with van der Waals surface area (Å²) in [6, 6.07) is 9.52. The molecule has 23 heavy (non-hydrogen) atoms. The maximum Gasteiger partial charge on any atom is 0.225 e. The number of amidine groups is 1. The van der Waals surface area contributed by atoms with E-state index in [9.17, 15) is 0 Å². The van der Waals surface area contributed by atoms with E-state index in [2.05, 4.69) is 15.5 Å². The Balaban J connectivity index is 1.77. The van der Waals surface area contributed by atoms with Gasteiger partial charge in [0, 0.05) is 23.5 Å². The van der Waals surface area contributed by atoms with Crippen LogP contribution in [0.25, 0.3) is 0 Å². The van der Waals surface area contributed by atoms with E-state index >= 15 is 0 Å². The van der Waals surface area contributed by atoms with Gasteiger partial charge in [0.15, 0.2) is 17.3 Å². The van der Waals surface area contributed by atoms with Gasteiger partial charge < -0.3 is 19.6 Å². The van der Waals surface area contributed by atoms with Crippen LogP contribution in [0.3, 0.4) is 0 Å². The lowest BCUT2D eigenvalue weighted by atomic mass is 10.1. The zero-order valence-electron chi connectivity index (χ0n) is 13.2. The molecular formula is C17H19N3O3. The largest absolute Gasteiger partial charge is 0.490 e. The Morgan fingerprint density at radius 3 is 2.70 bits per heavy atom. The Labute approximate surface area is 135 Å². The number of hydrogen-bond acceptors (Lipinski definition) is 6. The lowest BCUT2D eigenvalue weighted by Gasteiger charge is -2.15. The summed E-state index contributed by atoms with van der Waals surface area (Å²) in [4.78, 5) is 9.58. The Hall–Kier alpha value is -2.76. The van der Waals surface area contributed by atoms with E-state index in [0.29, 0.717) is 24.8 Å². The van der Waals surface area contributed by atoms with Gasteiger partial charge in [0.1, 0.15) is 0 Å². The summed E-state index contributed by atoms with van der Waals surface area (Å²) in [5.41, 5.74) is 1.80. The van der Waals surface area contributed by atoms with Crippen molar-refractivity contribution in [2.75, 3.05) is 13.2 Å². The molecule has 6 heteroatoms. The van der Waals surface area contributed by atoms with Crippen LogP contribution in [0.5, 0.6) is 11.5 Å². The van der Waals surface area contributed by atoms with Crippen LogP contribution in [0.2, 0.25) is 0 Å². The van der Waals surface area contributed by atoms with Crippen LogP contribution in [0.1, 0.15) is 31.2 Å². The third kappa shape index (κ3) is 3.36. The minimum atomic E-state index is -0.361. The van der Waals surface area contributed by atoms with Crippen molar-refractivity contribution in [3.8, 4) is 11.5 Å². The van der Waals surface area contributed by atoms with E-state index in [-0.39, 0.29) is 6.23 Å². The lowest BCUT2D eigenvalue weighted by molar-refractivity contribution is 0.0726. The summed E-state index contributed by atoms with van der Waals surface area (Å²) in [5.74, 6) is 2.09. The second-order valence-corrected chi connectivity index (χ2v) is 4.88. The van der Waals surface area contributed by atoms with E-state index < -0.39 is 0 Å². The molecule has 0 bridgehead atoms. The Morgan fingerprint density at radius 2 is 1.96 bits per heavy atom. The molecule has 6 nitrogen and oxygen atoms in total. The molecule has 0 radical (unpaired) electrons. The Morgan fingerprint density at radius 1 is 1.13 bits per heavy atom. The second kappa shape index (κ2) is 7.00. The lowest BCUT2D eigenvalue weighted by Crippen LogP contribution is -2.23. The summed E-state index contributed by atoms with van der Waals surface area (Å²) in [6.45, 7) is 5.04. The summed E-state index contributed by atoms with van der Waals surface area (Å²) in [6.07, 6.45) is 3.10. The predicted molar refractivity (Wildman–Crippen MR) is 86.5 cm³/mol. The van der Waals surface area contributed by atoms with Crippen molar-refractivity contribution >= 4 is 5.84 Å². The summed E-state index contributed by atoms with van der Waals surface area (Å²) < 4.78 is 11.2. The number of benzene rings is 1. The van der Waals surface area contributed by atoms with E-state index in [1.54, 1.807) is 12.4 Å². The van der Waals surface area contributed by atoms with Crippen molar-refractivity contribution in [2.45, 2.75) is 20.1 Å². The van der Waals surface area contributed by atoms with Gasteiger partial charge in [-0.1, -0.05) is 5.16 Å². The number of nitrogens with one attached hydrogen (secondary N) is 1. The zero-order chi connectivity index (χ0) is 16.1. The van der Waals surface area contributed by atoms with Gasteiger partial charge in [0.05, 0.1) is 13.2 Å². The first kappa shape index (κ1) is 15.1. The van der Waals surface area contributed by atoms with Crippen LogP contribution in [0.15, 0.2) is 47.9 Å². The fourth-order valence-corrected chi connectivity index (χ4v) is 2.30. The maximum absolute atomic E-state index is 5.65. The van der Waals surface area contributed by atoms with Crippen molar-refractivity contribution < 1.29 is 14.3 Å². The monoisotopic (exact) mass is 313 g/mol. The number of nitrogens with zero attached hydrogens (tertiary/aromatic N) is 2. The topological polar surface area (TPSA) is 65.0 Å². The second-order valence-electron chi connectivity index (χ2n) is 4.88. The molecule has 1 aliphatic rings. The molecular weight excluding hydrogens is 294 g/mol. The standard InChI is InChI=1S/C17H19N3O3/c1-3-21-14-8-7-12(10-15(14)22-4-2)17-19-16(20-23-17)13-6-5-9-18-11-13/h5-11,17H,3-4H2,1-2H3,(H,19,20). The fourth-order valence-electron chi connectivity index (χ4n) is 2.30. The number of hydrogen-bond donors (Lipinski definition) is 1. The highest BCUT2D eigenvalue weighted by Gasteiger charge is 2.23. The van der Waals surface area contributed by atoms with E-state index in [0.717, 1.165) is 16.9 Å². The van der Waals surface area contributed by atoms with Crippen LogP contribution in [-0.4, -0.2) is 24.0 Å². The molecule has 1 N–H and O–H groups in total. The number of rotatable bonds is 6. The summed E-state index contributed by atoms with van der Waals surface area (Å²) in [5, 5.41) is 7.33. The van der Waals surface area contributed by atoms with Gasteiger partial charge in [0.2, 0.25) is 6.23 Å². The third-order valence-corrected chi connectivity index (χ3v) is 3.32. The normalized spacial score (nSPS) is 16.3. The molecule has 3 rings (SSSR count). The summed E-state index contributed by atoms with van der Waals surface area (Å²) in [7, 11) is 0.